The first kappa shape index (κ1) is 20.7. The van der Waals surface area contributed by atoms with Crippen LogP contribution in [0.2, 0.25) is 5.02 Å². The number of ether oxygens (including phenoxy) is 1. The lowest BCUT2D eigenvalue weighted by Crippen LogP contribution is -2.43. The van der Waals surface area contributed by atoms with Gasteiger partial charge in [-0.1, -0.05) is 73.0 Å². The minimum atomic E-state index is -1.10. The summed E-state index contributed by atoms with van der Waals surface area (Å²) in [5.74, 6) is -1.04. The number of hydrogen-bond acceptors (Lipinski definition) is 4. The first-order valence-corrected chi connectivity index (χ1v) is 9.66. The Hall–Kier alpha value is -3.02. The van der Waals surface area contributed by atoms with Crippen molar-refractivity contribution in [1.82, 2.24) is 4.90 Å². The zero-order chi connectivity index (χ0) is 21.0. The molecule has 0 saturated carbocycles. The first-order valence-electron chi connectivity index (χ1n) is 9.28. The molecular weight excluding hydrogens is 392 g/mol. The number of nitrogens with zero attached hydrogens (tertiary/aromatic N) is 4. The van der Waals surface area contributed by atoms with Gasteiger partial charge >= 0.3 is 6.09 Å². The summed E-state index contributed by atoms with van der Waals surface area (Å²) in [6, 6.07) is 14.6. The number of imide groups is 1. The van der Waals surface area contributed by atoms with Crippen LogP contribution in [0.25, 0.3) is 10.4 Å². The molecular formula is C21H21ClN4O3. The molecule has 1 saturated heterocycles. The van der Waals surface area contributed by atoms with Crippen molar-refractivity contribution in [1.29, 1.82) is 0 Å². The molecule has 1 aliphatic heterocycles. The van der Waals surface area contributed by atoms with Crippen LogP contribution >= 0.6 is 11.6 Å². The molecule has 0 aromatic heterocycles. The van der Waals surface area contributed by atoms with Crippen LogP contribution in [0.3, 0.4) is 0 Å². The lowest BCUT2D eigenvalue weighted by atomic mass is 9.82. The predicted octanol–water partition coefficient (Wildman–Crippen LogP) is 5.48. The summed E-state index contributed by atoms with van der Waals surface area (Å²) in [7, 11) is 0. The molecule has 0 unspecified atom stereocenters. The molecule has 0 N–H and O–H groups in total. The Kier molecular flexibility index (Phi) is 6.42. The van der Waals surface area contributed by atoms with Gasteiger partial charge in [-0.05, 0) is 34.7 Å². The average Bonchev–Trinajstić information content (AvgIpc) is 3.10. The third-order valence-electron chi connectivity index (χ3n) is 5.04. The number of halogens is 1. The Balaban J connectivity index is 2.00. The lowest BCUT2D eigenvalue weighted by molar-refractivity contribution is -0.131. The molecule has 0 bridgehead atoms. The molecule has 29 heavy (non-hydrogen) atoms. The van der Waals surface area contributed by atoms with Crippen molar-refractivity contribution >= 4 is 23.6 Å². The van der Waals surface area contributed by atoms with Gasteiger partial charge in [0.2, 0.25) is 5.91 Å². The van der Waals surface area contributed by atoms with Crippen molar-refractivity contribution < 1.29 is 14.3 Å². The number of cyclic esters (lactones) is 1. The van der Waals surface area contributed by atoms with Crippen LogP contribution in [-0.2, 0) is 9.53 Å². The van der Waals surface area contributed by atoms with E-state index in [2.05, 4.69) is 10.0 Å². The second kappa shape index (κ2) is 8.99. The first-order chi connectivity index (χ1) is 13.9. The molecule has 1 fully saturated rings. The lowest BCUT2D eigenvalue weighted by Gasteiger charge is -2.30. The molecule has 2 aromatic carbocycles. The van der Waals surface area contributed by atoms with Gasteiger partial charge in [0.05, 0.1) is 0 Å². The standard InChI is InChI=1S/C21H21ClN4O3/c1-13(2)18(15-8-10-16(22)11-9-15)19(24-25-23)20(27)26-17(12-29-21(26)28)14-6-4-3-5-7-14/h3-11,13,17-19H,12H2,1-2H3/t17-,18-,19+/m1/s1. The highest BCUT2D eigenvalue weighted by molar-refractivity contribution is 6.30. The maximum atomic E-state index is 13.4. The Morgan fingerprint density at radius 1 is 1.21 bits per heavy atom. The van der Waals surface area contributed by atoms with Crippen molar-refractivity contribution in [2.24, 2.45) is 11.0 Å². The van der Waals surface area contributed by atoms with Gasteiger partial charge < -0.3 is 4.74 Å². The van der Waals surface area contributed by atoms with Gasteiger partial charge in [0.15, 0.2) is 0 Å². The van der Waals surface area contributed by atoms with Crippen LogP contribution < -0.4 is 0 Å². The number of azide groups is 1. The highest BCUT2D eigenvalue weighted by Crippen LogP contribution is 2.35. The van der Waals surface area contributed by atoms with Crippen molar-refractivity contribution in [3.05, 3.63) is 81.2 Å². The van der Waals surface area contributed by atoms with E-state index >= 15 is 0 Å². The van der Waals surface area contributed by atoms with E-state index < -0.39 is 30.0 Å². The van der Waals surface area contributed by atoms with E-state index in [0.29, 0.717) is 5.02 Å². The maximum Gasteiger partial charge on any atom is 0.417 e. The van der Waals surface area contributed by atoms with Gasteiger partial charge in [-0.3, -0.25) is 4.79 Å². The normalized spacial score (nSPS) is 18.1. The van der Waals surface area contributed by atoms with E-state index in [1.807, 2.05) is 44.2 Å². The molecule has 1 heterocycles. The van der Waals surface area contributed by atoms with Gasteiger partial charge in [-0.2, -0.15) is 0 Å². The van der Waals surface area contributed by atoms with Gasteiger partial charge in [-0.25, -0.2) is 9.69 Å². The molecule has 0 spiro atoms. The van der Waals surface area contributed by atoms with Crippen LogP contribution in [0, 0.1) is 5.92 Å². The van der Waals surface area contributed by atoms with E-state index in [1.54, 1.807) is 24.3 Å². The Labute approximate surface area is 173 Å². The smallest absolute Gasteiger partial charge is 0.417 e. The van der Waals surface area contributed by atoms with E-state index in [0.717, 1.165) is 16.0 Å². The van der Waals surface area contributed by atoms with Crippen molar-refractivity contribution in [2.45, 2.75) is 31.8 Å². The summed E-state index contributed by atoms with van der Waals surface area (Å²) in [5.41, 5.74) is 10.7. The number of carbonyl (C=O) groups is 2. The average molecular weight is 413 g/mol. The largest absolute Gasteiger partial charge is 0.446 e. The molecule has 3 atom stereocenters. The minimum absolute atomic E-state index is 0.0376. The Morgan fingerprint density at radius 3 is 2.45 bits per heavy atom. The molecule has 0 radical (unpaired) electrons. The predicted molar refractivity (Wildman–Crippen MR) is 109 cm³/mol. The second-order valence-electron chi connectivity index (χ2n) is 7.18. The number of hydrogen-bond donors (Lipinski definition) is 0. The van der Waals surface area contributed by atoms with E-state index in [9.17, 15) is 9.59 Å². The van der Waals surface area contributed by atoms with Crippen molar-refractivity contribution in [2.75, 3.05) is 6.61 Å². The highest BCUT2D eigenvalue weighted by atomic mass is 35.5. The van der Waals surface area contributed by atoms with Crippen LogP contribution in [0.15, 0.2) is 59.7 Å². The summed E-state index contributed by atoms with van der Waals surface area (Å²) in [4.78, 5) is 29.8. The Morgan fingerprint density at radius 2 is 1.86 bits per heavy atom. The number of benzene rings is 2. The summed E-state index contributed by atoms with van der Waals surface area (Å²) in [5, 5.41) is 4.37. The van der Waals surface area contributed by atoms with Gasteiger partial charge in [0.25, 0.3) is 0 Å². The third kappa shape index (κ3) is 4.36. The number of amides is 2. The van der Waals surface area contributed by atoms with Crippen molar-refractivity contribution in [3.8, 4) is 0 Å². The topological polar surface area (TPSA) is 95.4 Å². The van der Waals surface area contributed by atoms with Gasteiger partial charge in [0, 0.05) is 15.9 Å². The molecule has 3 rings (SSSR count). The molecule has 0 aliphatic carbocycles. The fourth-order valence-electron chi connectivity index (χ4n) is 3.68. The summed E-state index contributed by atoms with van der Waals surface area (Å²) >= 11 is 5.99. The summed E-state index contributed by atoms with van der Waals surface area (Å²) in [6.07, 6.45) is -0.736. The van der Waals surface area contributed by atoms with Crippen LogP contribution in [-0.4, -0.2) is 29.5 Å². The fourth-order valence-corrected chi connectivity index (χ4v) is 3.80. The summed E-state index contributed by atoms with van der Waals surface area (Å²) < 4.78 is 5.16. The quantitative estimate of drug-likeness (QED) is 0.357. The molecule has 2 amide bonds. The van der Waals surface area contributed by atoms with Crippen molar-refractivity contribution in [3.63, 3.8) is 0 Å². The van der Waals surface area contributed by atoms with Gasteiger partial charge in [0.1, 0.15) is 18.7 Å². The highest BCUT2D eigenvalue weighted by Gasteiger charge is 2.44. The fraction of sp³-hybridized carbons (Fsp3) is 0.333. The zero-order valence-electron chi connectivity index (χ0n) is 16.1. The van der Waals surface area contributed by atoms with Gasteiger partial charge in [-0.15, -0.1) is 0 Å². The number of rotatable bonds is 6. The molecule has 7 nitrogen and oxygen atoms in total. The number of carbonyl (C=O) groups excluding carboxylic acids is 2. The molecule has 150 valence electrons. The molecule has 2 aromatic rings. The third-order valence-corrected chi connectivity index (χ3v) is 5.29. The second-order valence-corrected chi connectivity index (χ2v) is 7.62. The molecule has 1 aliphatic rings. The monoisotopic (exact) mass is 412 g/mol. The molecule has 8 heteroatoms. The zero-order valence-corrected chi connectivity index (χ0v) is 16.9. The SMILES string of the molecule is CC(C)[C@H](c1ccc(Cl)cc1)[C@H](N=[N+]=[N-])C(=O)N1C(=O)OC[C@@H]1c1ccccc1. The minimum Gasteiger partial charge on any atom is -0.446 e. The van der Waals surface area contributed by atoms with Crippen LogP contribution in [0.4, 0.5) is 4.79 Å². The van der Waals surface area contributed by atoms with Crippen LogP contribution in [0.1, 0.15) is 36.9 Å². The van der Waals surface area contributed by atoms with E-state index in [1.165, 1.54) is 0 Å². The van der Waals surface area contributed by atoms with Crippen LogP contribution in [0.5, 0.6) is 0 Å². The Bertz CT molecular complexity index is 927. The van der Waals surface area contributed by atoms with E-state index in [-0.39, 0.29) is 12.5 Å². The van der Waals surface area contributed by atoms with E-state index in [4.69, 9.17) is 21.9 Å². The summed E-state index contributed by atoms with van der Waals surface area (Å²) in [6.45, 7) is 3.93. The maximum absolute atomic E-state index is 13.4.